The maximum absolute atomic E-state index is 5.24. The first-order valence-electron chi connectivity index (χ1n) is 7.38. The molecule has 0 N–H and O–H groups in total. The largest absolute Gasteiger partial charge is 0.497 e. The molecule has 106 valence electrons. The van der Waals surface area contributed by atoms with Crippen molar-refractivity contribution in [3.63, 3.8) is 0 Å². The van der Waals surface area contributed by atoms with Crippen molar-refractivity contribution in [1.29, 1.82) is 0 Å². The second-order valence-corrected chi connectivity index (χ2v) is 5.65. The molecule has 0 saturated carbocycles. The zero-order valence-corrected chi connectivity index (χ0v) is 12.7. The lowest BCUT2D eigenvalue weighted by Crippen LogP contribution is -2.08. The first-order valence-corrected chi connectivity index (χ1v) is 7.38. The Bertz CT molecular complexity index is 499. The van der Waals surface area contributed by atoms with Gasteiger partial charge >= 0.3 is 0 Å². The minimum Gasteiger partial charge on any atom is -0.497 e. The Morgan fingerprint density at radius 2 is 1.55 bits per heavy atom. The van der Waals surface area contributed by atoms with Crippen LogP contribution in [0.4, 0.5) is 0 Å². The van der Waals surface area contributed by atoms with Crippen molar-refractivity contribution in [2.24, 2.45) is 5.92 Å². The molecule has 2 aromatic rings. The van der Waals surface area contributed by atoms with Crippen LogP contribution in [0.3, 0.4) is 0 Å². The van der Waals surface area contributed by atoms with Crippen LogP contribution >= 0.6 is 0 Å². The number of aryl methyl sites for hydroxylation is 1. The molecule has 20 heavy (non-hydrogen) atoms. The zero-order valence-electron chi connectivity index (χ0n) is 12.7. The van der Waals surface area contributed by atoms with Crippen molar-refractivity contribution in [1.82, 2.24) is 0 Å². The van der Waals surface area contributed by atoms with E-state index in [1.807, 2.05) is 0 Å². The monoisotopic (exact) mass is 268 g/mol. The highest BCUT2D eigenvalue weighted by Gasteiger charge is 2.15. The van der Waals surface area contributed by atoms with Gasteiger partial charge in [0, 0.05) is 0 Å². The molecule has 0 amide bonds. The van der Waals surface area contributed by atoms with E-state index in [0.717, 1.165) is 12.2 Å². The van der Waals surface area contributed by atoms with E-state index in [-0.39, 0.29) is 0 Å². The van der Waals surface area contributed by atoms with Crippen LogP contribution in [0.2, 0.25) is 0 Å². The normalized spacial score (nSPS) is 12.4. The van der Waals surface area contributed by atoms with Gasteiger partial charge in [0.2, 0.25) is 0 Å². The molecular weight excluding hydrogens is 244 g/mol. The Balaban J connectivity index is 2.06. The molecule has 1 unspecified atom stereocenters. The molecule has 0 radical (unpaired) electrons. The molecule has 0 aromatic heterocycles. The number of hydrogen-bond acceptors (Lipinski definition) is 1. The lowest BCUT2D eigenvalue weighted by molar-refractivity contribution is 0.413. The van der Waals surface area contributed by atoms with Crippen LogP contribution in [-0.2, 0) is 6.42 Å². The third-order valence-corrected chi connectivity index (χ3v) is 3.94. The molecule has 0 heterocycles. The van der Waals surface area contributed by atoms with Crippen LogP contribution in [0.25, 0.3) is 0 Å². The summed E-state index contributed by atoms with van der Waals surface area (Å²) < 4.78 is 5.24. The topological polar surface area (TPSA) is 9.23 Å². The Morgan fingerprint density at radius 3 is 2.10 bits per heavy atom. The fourth-order valence-corrected chi connectivity index (χ4v) is 2.70. The minimum atomic E-state index is 0.598. The summed E-state index contributed by atoms with van der Waals surface area (Å²) in [6, 6.07) is 19.3. The summed E-state index contributed by atoms with van der Waals surface area (Å²) in [6.07, 6.45) is 2.32. The Morgan fingerprint density at radius 1 is 0.900 bits per heavy atom. The van der Waals surface area contributed by atoms with Crippen molar-refractivity contribution in [2.45, 2.75) is 32.6 Å². The van der Waals surface area contributed by atoms with E-state index in [0.29, 0.717) is 11.8 Å². The quantitative estimate of drug-likeness (QED) is 0.711. The summed E-state index contributed by atoms with van der Waals surface area (Å²) >= 11 is 0. The van der Waals surface area contributed by atoms with Crippen LogP contribution in [0.5, 0.6) is 5.75 Å². The summed E-state index contributed by atoms with van der Waals surface area (Å²) in [6.45, 7) is 4.61. The Hall–Kier alpha value is -1.76. The van der Waals surface area contributed by atoms with Crippen molar-refractivity contribution >= 4 is 0 Å². The highest BCUT2D eigenvalue weighted by molar-refractivity contribution is 5.30. The zero-order chi connectivity index (χ0) is 14.4. The molecule has 0 aliphatic rings. The lowest BCUT2D eigenvalue weighted by Gasteiger charge is -2.21. The van der Waals surface area contributed by atoms with Gasteiger partial charge in [0.25, 0.3) is 0 Å². The lowest BCUT2D eigenvalue weighted by atomic mass is 9.84. The first kappa shape index (κ1) is 14.6. The van der Waals surface area contributed by atoms with Gasteiger partial charge in [-0.1, -0.05) is 56.3 Å². The van der Waals surface area contributed by atoms with Gasteiger partial charge in [-0.15, -0.1) is 0 Å². The van der Waals surface area contributed by atoms with Gasteiger partial charge in [-0.2, -0.15) is 0 Å². The number of benzene rings is 2. The SMILES string of the molecule is COc1ccc(C(CCc2ccccc2)C(C)C)cc1. The van der Waals surface area contributed by atoms with Gasteiger partial charge in [-0.3, -0.25) is 0 Å². The minimum absolute atomic E-state index is 0.598. The van der Waals surface area contributed by atoms with Crippen molar-refractivity contribution in [2.75, 3.05) is 7.11 Å². The van der Waals surface area contributed by atoms with Gasteiger partial charge in [0.1, 0.15) is 5.75 Å². The highest BCUT2D eigenvalue weighted by Crippen LogP contribution is 2.30. The molecule has 2 aromatic carbocycles. The van der Waals surface area contributed by atoms with Gasteiger partial charge in [-0.25, -0.2) is 0 Å². The van der Waals surface area contributed by atoms with E-state index in [1.165, 1.54) is 17.5 Å². The summed E-state index contributed by atoms with van der Waals surface area (Å²) in [7, 11) is 1.71. The van der Waals surface area contributed by atoms with Gasteiger partial charge in [0.15, 0.2) is 0 Å². The van der Waals surface area contributed by atoms with E-state index in [2.05, 4.69) is 68.4 Å². The van der Waals surface area contributed by atoms with Crippen LogP contribution in [0.1, 0.15) is 37.3 Å². The van der Waals surface area contributed by atoms with Crippen LogP contribution in [-0.4, -0.2) is 7.11 Å². The van der Waals surface area contributed by atoms with E-state index >= 15 is 0 Å². The highest BCUT2D eigenvalue weighted by atomic mass is 16.5. The average molecular weight is 268 g/mol. The number of hydrogen-bond donors (Lipinski definition) is 0. The van der Waals surface area contributed by atoms with E-state index in [1.54, 1.807) is 7.11 Å². The maximum atomic E-state index is 5.24. The third kappa shape index (κ3) is 3.86. The number of methoxy groups -OCH3 is 1. The molecule has 0 spiro atoms. The van der Waals surface area contributed by atoms with Crippen LogP contribution in [0, 0.1) is 5.92 Å². The summed E-state index contributed by atoms with van der Waals surface area (Å²) in [5.41, 5.74) is 2.84. The molecule has 0 saturated heterocycles. The standard InChI is InChI=1S/C19H24O/c1-15(2)19(14-9-16-7-5-4-6-8-16)17-10-12-18(20-3)13-11-17/h4-8,10-13,15,19H,9,14H2,1-3H3. The summed E-state index contributed by atoms with van der Waals surface area (Å²) in [5, 5.41) is 0. The van der Waals surface area contributed by atoms with Crippen LogP contribution in [0.15, 0.2) is 54.6 Å². The van der Waals surface area contributed by atoms with E-state index < -0.39 is 0 Å². The van der Waals surface area contributed by atoms with E-state index in [9.17, 15) is 0 Å². The van der Waals surface area contributed by atoms with Crippen LogP contribution < -0.4 is 4.74 Å². The van der Waals surface area contributed by atoms with E-state index in [4.69, 9.17) is 4.74 Å². The summed E-state index contributed by atoms with van der Waals surface area (Å²) in [5.74, 6) is 2.17. The van der Waals surface area contributed by atoms with Crippen molar-refractivity contribution in [3.8, 4) is 5.75 Å². The molecule has 0 aliphatic carbocycles. The molecule has 1 nitrogen and oxygen atoms in total. The second-order valence-electron chi connectivity index (χ2n) is 5.65. The molecule has 2 rings (SSSR count). The third-order valence-electron chi connectivity index (χ3n) is 3.94. The van der Waals surface area contributed by atoms with Gasteiger partial charge < -0.3 is 4.74 Å². The number of rotatable bonds is 6. The molecular formula is C19H24O. The fourth-order valence-electron chi connectivity index (χ4n) is 2.70. The van der Waals surface area contributed by atoms with Gasteiger partial charge in [0.05, 0.1) is 7.11 Å². The maximum Gasteiger partial charge on any atom is 0.118 e. The average Bonchev–Trinajstić information content (AvgIpc) is 2.49. The van der Waals surface area contributed by atoms with Crippen molar-refractivity contribution < 1.29 is 4.74 Å². The molecule has 0 aliphatic heterocycles. The molecule has 0 fully saturated rings. The summed E-state index contributed by atoms with van der Waals surface area (Å²) in [4.78, 5) is 0. The molecule has 1 atom stereocenters. The van der Waals surface area contributed by atoms with Gasteiger partial charge in [-0.05, 0) is 47.9 Å². The second kappa shape index (κ2) is 7.14. The Kier molecular flexibility index (Phi) is 5.23. The Labute approximate surface area is 122 Å². The fraction of sp³-hybridized carbons (Fsp3) is 0.368. The smallest absolute Gasteiger partial charge is 0.118 e. The molecule has 0 bridgehead atoms. The predicted octanol–water partition coefficient (Wildman–Crippen LogP) is 5.07. The predicted molar refractivity (Wildman–Crippen MR) is 85.3 cm³/mol. The van der Waals surface area contributed by atoms with Crippen molar-refractivity contribution in [3.05, 3.63) is 65.7 Å². The first-order chi connectivity index (χ1) is 9.70. The number of ether oxygens (including phenoxy) is 1. The molecule has 1 heteroatoms.